The molecule has 0 spiro atoms. The van der Waals surface area contributed by atoms with Gasteiger partial charge in [0.25, 0.3) is 0 Å². The maximum Gasteiger partial charge on any atom is 0.0877 e. The highest BCUT2D eigenvalue weighted by Crippen LogP contribution is 2.16. The van der Waals surface area contributed by atoms with Crippen LogP contribution in [0.3, 0.4) is 0 Å². The van der Waals surface area contributed by atoms with E-state index in [1.807, 2.05) is 13.0 Å². The predicted molar refractivity (Wildman–Crippen MR) is 147 cm³/mol. The van der Waals surface area contributed by atoms with Gasteiger partial charge in [-0.15, -0.1) is 0 Å². The molecule has 1 unspecified atom stereocenters. The lowest BCUT2D eigenvalue weighted by atomic mass is 10.0. The molecule has 0 radical (unpaired) electrons. The van der Waals surface area contributed by atoms with E-state index in [4.69, 9.17) is 4.74 Å². The van der Waals surface area contributed by atoms with E-state index in [0.29, 0.717) is 12.1 Å². The molecule has 0 heterocycles. The van der Waals surface area contributed by atoms with Crippen LogP contribution < -0.4 is 0 Å². The second-order valence-electron chi connectivity index (χ2n) is 9.68. The van der Waals surface area contributed by atoms with Crippen molar-refractivity contribution in [2.24, 2.45) is 0 Å². The van der Waals surface area contributed by atoms with Crippen molar-refractivity contribution in [1.29, 1.82) is 0 Å². The molecule has 2 N–H and O–H groups in total. The topological polar surface area (TPSA) is 52.9 Å². The Hall–Kier alpha value is -1.98. The van der Waals surface area contributed by atoms with Crippen molar-refractivity contribution >= 4 is 0 Å². The molecule has 1 atom stereocenters. The molecule has 4 nitrogen and oxygen atoms in total. The molecule has 1 aliphatic rings. The Bertz CT molecular complexity index is 797. The first-order valence-electron chi connectivity index (χ1n) is 13.4. The van der Waals surface area contributed by atoms with E-state index in [0.717, 1.165) is 51.1 Å². The lowest BCUT2D eigenvalue weighted by Crippen LogP contribution is -2.33. The van der Waals surface area contributed by atoms with E-state index in [1.165, 1.54) is 49.7 Å². The zero-order valence-corrected chi connectivity index (χ0v) is 21.8. The molecule has 0 saturated carbocycles. The third kappa shape index (κ3) is 13.6. The standard InChI is InChI=1S/C31H47NO3/c1-27(26-33)23-28(2)31(34)25-32(24-30-18-9-6-10-19-30)20-12-3-4-13-21-35-22-14-11-17-29-15-7-5-8-16-29/h6-7,9-10,15-16,18-19,23,31,33-34H,1,3-5,8,11-14,17,20-22,24-26H2,2H3/b28-23+. The number of aliphatic hydroxyl groups is 2. The molecule has 35 heavy (non-hydrogen) atoms. The minimum Gasteiger partial charge on any atom is -0.392 e. The second-order valence-corrected chi connectivity index (χ2v) is 9.68. The summed E-state index contributed by atoms with van der Waals surface area (Å²) >= 11 is 0. The van der Waals surface area contributed by atoms with E-state index in [1.54, 1.807) is 6.08 Å². The van der Waals surface area contributed by atoms with E-state index in [2.05, 4.69) is 54.0 Å². The van der Waals surface area contributed by atoms with Crippen LogP contribution in [0.4, 0.5) is 0 Å². The van der Waals surface area contributed by atoms with Crippen LogP contribution in [-0.4, -0.2) is 54.1 Å². The van der Waals surface area contributed by atoms with E-state index >= 15 is 0 Å². The van der Waals surface area contributed by atoms with Gasteiger partial charge in [0.2, 0.25) is 0 Å². The fourth-order valence-electron chi connectivity index (χ4n) is 4.31. The van der Waals surface area contributed by atoms with E-state index in [9.17, 15) is 10.2 Å². The fourth-order valence-corrected chi connectivity index (χ4v) is 4.31. The fraction of sp³-hybridized carbons (Fsp3) is 0.548. The Morgan fingerprint density at radius 1 is 1.06 bits per heavy atom. The minimum atomic E-state index is -0.569. The number of benzene rings is 1. The lowest BCUT2D eigenvalue weighted by molar-refractivity contribution is 0.123. The number of hydrogen-bond acceptors (Lipinski definition) is 4. The number of unbranched alkanes of at least 4 members (excludes halogenated alkanes) is 4. The average molecular weight is 482 g/mol. The third-order valence-corrected chi connectivity index (χ3v) is 6.43. The molecule has 4 heteroatoms. The van der Waals surface area contributed by atoms with Crippen molar-refractivity contribution in [1.82, 2.24) is 4.90 Å². The van der Waals surface area contributed by atoms with Gasteiger partial charge in [-0.1, -0.05) is 79.6 Å². The van der Waals surface area contributed by atoms with Crippen LogP contribution >= 0.6 is 0 Å². The number of aliphatic hydroxyl groups excluding tert-OH is 2. The van der Waals surface area contributed by atoms with Gasteiger partial charge >= 0.3 is 0 Å². The minimum absolute atomic E-state index is 0.0859. The summed E-state index contributed by atoms with van der Waals surface area (Å²) in [6, 6.07) is 10.4. The van der Waals surface area contributed by atoms with Crippen LogP contribution in [0.25, 0.3) is 0 Å². The van der Waals surface area contributed by atoms with Crippen LogP contribution in [0, 0.1) is 0 Å². The zero-order valence-electron chi connectivity index (χ0n) is 21.8. The molecule has 0 fully saturated rings. The van der Waals surface area contributed by atoms with E-state index in [-0.39, 0.29) is 6.61 Å². The molecule has 1 aromatic carbocycles. The summed E-state index contributed by atoms with van der Waals surface area (Å²) in [5.74, 6) is 0. The number of ether oxygens (including phenoxy) is 1. The van der Waals surface area contributed by atoms with Crippen molar-refractivity contribution in [2.45, 2.75) is 77.4 Å². The summed E-state index contributed by atoms with van der Waals surface area (Å²) < 4.78 is 5.84. The maximum absolute atomic E-state index is 10.7. The molecule has 0 aliphatic heterocycles. The summed E-state index contributed by atoms with van der Waals surface area (Å²) in [6.45, 7) is 9.69. The molecule has 194 valence electrons. The molecule has 0 amide bonds. The van der Waals surface area contributed by atoms with Crippen LogP contribution in [-0.2, 0) is 11.3 Å². The first-order chi connectivity index (χ1) is 17.1. The van der Waals surface area contributed by atoms with E-state index < -0.39 is 6.10 Å². The maximum atomic E-state index is 10.7. The zero-order chi connectivity index (χ0) is 25.1. The third-order valence-electron chi connectivity index (χ3n) is 6.43. The highest BCUT2D eigenvalue weighted by molar-refractivity contribution is 5.23. The largest absolute Gasteiger partial charge is 0.392 e. The summed E-state index contributed by atoms with van der Waals surface area (Å²) in [5, 5.41) is 19.9. The van der Waals surface area contributed by atoms with Crippen LogP contribution in [0.15, 0.2) is 77.9 Å². The molecule has 1 aliphatic carbocycles. The summed E-state index contributed by atoms with van der Waals surface area (Å²) in [6.07, 6.45) is 18.6. The van der Waals surface area contributed by atoms with Gasteiger partial charge in [0, 0.05) is 26.3 Å². The molecule has 2 rings (SSSR count). The number of rotatable bonds is 19. The first kappa shape index (κ1) is 29.3. The molecule has 0 aromatic heterocycles. The Morgan fingerprint density at radius 3 is 2.51 bits per heavy atom. The molecule has 0 saturated heterocycles. The second kappa shape index (κ2) is 18.3. The van der Waals surface area contributed by atoms with Gasteiger partial charge in [0.1, 0.15) is 0 Å². The smallest absolute Gasteiger partial charge is 0.0877 e. The monoisotopic (exact) mass is 481 g/mol. The number of hydrogen-bond donors (Lipinski definition) is 2. The van der Waals surface area contributed by atoms with Crippen LogP contribution in [0.2, 0.25) is 0 Å². The SMILES string of the molecule is C=C(/C=C(\C)C(O)CN(CCCCCCOCCCCC1=CCCC=C1)Cc1ccccc1)CO. The van der Waals surface area contributed by atoms with Gasteiger partial charge < -0.3 is 14.9 Å². The van der Waals surface area contributed by atoms with Crippen molar-refractivity contribution in [3.05, 3.63) is 83.5 Å². The highest BCUT2D eigenvalue weighted by Gasteiger charge is 2.14. The molecule has 1 aromatic rings. The van der Waals surface area contributed by atoms with Crippen molar-refractivity contribution in [3.63, 3.8) is 0 Å². The Kier molecular flexibility index (Phi) is 15.3. The Morgan fingerprint density at radius 2 is 1.80 bits per heavy atom. The van der Waals surface area contributed by atoms with Crippen LogP contribution in [0.5, 0.6) is 0 Å². The van der Waals surface area contributed by atoms with Gasteiger partial charge in [0.05, 0.1) is 12.7 Å². The molecular weight excluding hydrogens is 434 g/mol. The van der Waals surface area contributed by atoms with Gasteiger partial charge in [-0.05, 0) is 75.1 Å². The Balaban J connectivity index is 1.61. The van der Waals surface area contributed by atoms with Gasteiger partial charge in [-0.2, -0.15) is 0 Å². The van der Waals surface area contributed by atoms with Crippen LogP contribution in [0.1, 0.15) is 70.3 Å². The predicted octanol–water partition coefficient (Wildman–Crippen LogP) is 6.37. The van der Waals surface area contributed by atoms with Crippen molar-refractivity contribution < 1.29 is 14.9 Å². The van der Waals surface area contributed by atoms with Crippen molar-refractivity contribution in [3.8, 4) is 0 Å². The Labute approximate surface area is 213 Å². The number of nitrogens with zero attached hydrogens (tertiary/aromatic N) is 1. The average Bonchev–Trinajstić information content (AvgIpc) is 2.88. The highest BCUT2D eigenvalue weighted by atomic mass is 16.5. The summed E-state index contributed by atoms with van der Waals surface area (Å²) in [4.78, 5) is 2.33. The quantitative estimate of drug-likeness (QED) is 0.178. The summed E-state index contributed by atoms with van der Waals surface area (Å²) in [5.41, 5.74) is 4.21. The normalized spacial score (nSPS) is 14.9. The van der Waals surface area contributed by atoms with Gasteiger partial charge in [0.15, 0.2) is 0 Å². The van der Waals surface area contributed by atoms with Gasteiger partial charge in [-0.3, -0.25) is 4.90 Å². The first-order valence-corrected chi connectivity index (χ1v) is 13.4. The molecule has 0 bridgehead atoms. The number of allylic oxidation sites excluding steroid dienone is 4. The van der Waals surface area contributed by atoms with Gasteiger partial charge in [-0.25, -0.2) is 0 Å². The lowest BCUT2D eigenvalue weighted by Gasteiger charge is -2.26. The molecular formula is C31H47NO3. The summed E-state index contributed by atoms with van der Waals surface area (Å²) in [7, 11) is 0. The van der Waals surface area contributed by atoms with Crippen molar-refractivity contribution in [2.75, 3.05) is 32.9 Å².